The fourth-order valence-electron chi connectivity index (χ4n) is 2.38. The molecule has 25 heavy (non-hydrogen) atoms. The first-order chi connectivity index (χ1) is 12.1. The third-order valence-corrected chi connectivity index (χ3v) is 3.73. The zero-order chi connectivity index (χ0) is 17.6. The van der Waals surface area contributed by atoms with Gasteiger partial charge in [-0.1, -0.05) is 13.8 Å². The van der Waals surface area contributed by atoms with E-state index >= 15 is 0 Å². The quantitative estimate of drug-likeness (QED) is 0.839. The monoisotopic (exact) mass is 342 g/mol. The number of hydrogen-bond donors (Lipinski definition) is 2. The Morgan fingerprint density at radius 1 is 1.16 bits per heavy atom. The van der Waals surface area contributed by atoms with Gasteiger partial charge in [-0.05, 0) is 24.5 Å². The highest BCUT2D eigenvalue weighted by Crippen LogP contribution is 2.32. The fraction of sp³-hybridized carbons (Fsp3) is 0.389. The number of amides is 1. The molecule has 0 spiro atoms. The van der Waals surface area contributed by atoms with E-state index in [0.29, 0.717) is 47.8 Å². The average molecular weight is 342 g/mol. The predicted octanol–water partition coefficient (Wildman–Crippen LogP) is 2.96. The molecule has 2 N–H and O–H groups in total. The second-order valence-electron chi connectivity index (χ2n) is 6.21. The first kappa shape index (κ1) is 17.0. The maximum absolute atomic E-state index is 12.4. The van der Waals surface area contributed by atoms with E-state index in [4.69, 9.17) is 9.47 Å². The number of anilines is 2. The minimum atomic E-state index is -0.300. The van der Waals surface area contributed by atoms with Gasteiger partial charge in [-0.15, -0.1) is 0 Å². The molecular formula is C18H22N4O3. The van der Waals surface area contributed by atoms with Crippen molar-refractivity contribution in [3.8, 4) is 11.5 Å². The van der Waals surface area contributed by atoms with E-state index in [-0.39, 0.29) is 5.91 Å². The molecule has 0 atom stereocenters. The normalized spacial score (nSPS) is 12.8. The largest absolute Gasteiger partial charge is 0.486 e. The molecule has 1 aliphatic heterocycles. The molecule has 7 nitrogen and oxygen atoms in total. The third kappa shape index (κ3) is 4.59. The summed E-state index contributed by atoms with van der Waals surface area (Å²) < 4.78 is 11.0. The molecule has 0 saturated carbocycles. The van der Waals surface area contributed by atoms with Crippen LogP contribution in [0.15, 0.2) is 30.6 Å². The molecule has 0 aliphatic carbocycles. The Labute approximate surface area is 146 Å². The summed E-state index contributed by atoms with van der Waals surface area (Å²) >= 11 is 0. The first-order valence-corrected chi connectivity index (χ1v) is 8.39. The van der Waals surface area contributed by atoms with Crippen LogP contribution >= 0.6 is 0 Å². The van der Waals surface area contributed by atoms with E-state index in [2.05, 4.69) is 34.4 Å². The standard InChI is InChI=1S/C18H22N4O3/c1-12(2)5-6-19-17-10-14(20-11-21-17)18(23)22-13-3-4-15-16(9-13)25-8-7-24-15/h3-4,9-12H,5-8H2,1-2H3,(H,22,23)(H,19,20,21). The summed E-state index contributed by atoms with van der Waals surface area (Å²) in [6, 6.07) is 6.94. The number of hydrogen-bond acceptors (Lipinski definition) is 6. The van der Waals surface area contributed by atoms with Gasteiger partial charge >= 0.3 is 0 Å². The molecule has 2 heterocycles. The minimum absolute atomic E-state index is 0.300. The number of fused-ring (bicyclic) bond motifs is 1. The van der Waals surface area contributed by atoms with Crippen LogP contribution in [0.5, 0.6) is 11.5 Å². The van der Waals surface area contributed by atoms with Crippen molar-refractivity contribution in [1.29, 1.82) is 0 Å². The number of ether oxygens (including phenoxy) is 2. The lowest BCUT2D eigenvalue weighted by Gasteiger charge is -2.19. The SMILES string of the molecule is CC(C)CCNc1cc(C(=O)Nc2ccc3c(c2)OCCO3)ncn1. The van der Waals surface area contributed by atoms with Crippen molar-refractivity contribution in [2.45, 2.75) is 20.3 Å². The van der Waals surface area contributed by atoms with Crippen LogP contribution in [0, 0.1) is 5.92 Å². The van der Waals surface area contributed by atoms with Gasteiger partial charge in [0.05, 0.1) is 0 Å². The van der Waals surface area contributed by atoms with Crippen LogP contribution in [0.1, 0.15) is 30.8 Å². The lowest BCUT2D eigenvalue weighted by atomic mass is 10.1. The van der Waals surface area contributed by atoms with Gasteiger partial charge in [0.1, 0.15) is 31.1 Å². The molecule has 7 heteroatoms. The molecule has 0 radical (unpaired) electrons. The number of benzene rings is 1. The van der Waals surface area contributed by atoms with Crippen molar-refractivity contribution in [3.63, 3.8) is 0 Å². The molecule has 1 aromatic heterocycles. The maximum Gasteiger partial charge on any atom is 0.274 e. The molecule has 0 unspecified atom stereocenters. The van der Waals surface area contributed by atoms with E-state index in [1.807, 2.05) is 0 Å². The van der Waals surface area contributed by atoms with Crippen molar-refractivity contribution in [2.24, 2.45) is 5.92 Å². The van der Waals surface area contributed by atoms with Gasteiger partial charge in [-0.3, -0.25) is 4.79 Å². The van der Waals surface area contributed by atoms with Crippen LogP contribution in [0.3, 0.4) is 0 Å². The zero-order valence-corrected chi connectivity index (χ0v) is 14.4. The Hall–Kier alpha value is -2.83. The van der Waals surface area contributed by atoms with Crippen LogP contribution in [-0.4, -0.2) is 35.6 Å². The summed E-state index contributed by atoms with van der Waals surface area (Å²) in [6.45, 7) is 6.16. The zero-order valence-electron chi connectivity index (χ0n) is 14.4. The topological polar surface area (TPSA) is 85.4 Å². The van der Waals surface area contributed by atoms with Gasteiger partial charge in [-0.2, -0.15) is 0 Å². The first-order valence-electron chi connectivity index (χ1n) is 8.39. The van der Waals surface area contributed by atoms with Crippen LogP contribution in [-0.2, 0) is 0 Å². The number of nitrogens with one attached hydrogen (secondary N) is 2. The number of carbonyl (C=O) groups is 1. The Balaban J connectivity index is 1.65. The Morgan fingerprint density at radius 3 is 2.76 bits per heavy atom. The minimum Gasteiger partial charge on any atom is -0.486 e. The van der Waals surface area contributed by atoms with Crippen LogP contribution in [0.25, 0.3) is 0 Å². The molecule has 1 amide bonds. The van der Waals surface area contributed by atoms with Gasteiger partial charge in [-0.25, -0.2) is 9.97 Å². The van der Waals surface area contributed by atoms with Gasteiger partial charge in [0.2, 0.25) is 0 Å². The van der Waals surface area contributed by atoms with E-state index in [1.54, 1.807) is 24.3 Å². The van der Waals surface area contributed by atoms with Crippen LogP contribution in [0.4, 0.5) is 11.5 Å². The Kier molecular flexibility index (Phi) is 5.33. The molecule has 0 fully saturated rings. The highest BCUT2D eigenvalue weighted by Gasteiger charge is 2.14. The molecule has 1 aliphatic rings. The number of nitrogens with zero attached hydrogens (tertiary/aromatic N) is 2. The van der Waals surface area contributed by atoms with Gasteiger partial charge in [0.25, 0.3) is 5.91 Å². The smallest absolute Gasteiger partial charge is 0.274 e. The number of rotatable bonds is 6. The van der Waals surface area contributed by atoms with Crippen LogP contribution in [0.2, 0.25) is 0 Å². The summed E-state index contributed by atoms with van der Waals surface area (Å²) in [5, 5.41) is 6.03. The van der Waals surface area contributed by atoms with Crippen molar-refractivity contribution in [1.82, 2.24) is 9.97 Å². The maximum atomic E-state index is 12.4. The fourth-order valence-corrected chi connectivity index (χ4v) is 2.38. The molecular weight excluding hydrogens is 320 g/mol. The molecule has 132 valence electrons. The lowest BCUT2D eigenvalue weighted by molar-refractivity contribution is 0.102. The van der Waals surface area contributed by atoms with E-state index < -0.39 is 0 Å². The van der Waals surface area contributed by atoms with Gasteiger partial charge in [0, 0.05) is 24.4 Å². The van der Waals surface area contributed by atoms with E-state index in [1.165, 1.54) is 6.33 Å². The average Bonchev–Trinajstić information content (AvgIpc) is 2.61. The summed E-state index contributed by atoms with van der Waals surface area (Å²) in [4.78, 5) is 20.6. The summed E-state index contributed by atoms with van der Waals surface area (Å²) in [6.07, 6.45) is 2.42. The molecule has 0 bridgehead atoms. The second kappa shape index (κ2) is 7.83. The molecule has 0 saturated heterocycles. The molecule has 2 aromatic rings. The highest BCUT2D eigenvalue weighted by atomic mass is 16.6. The third-order valence-electron chi connectivity index (χ3n) is 3.73. The Bertz CT molecular complexity index is 749. The van der Waals surface area contributed by atoms with Crippen molar-refractivity contribution in [2.75, 3.05) is 30.4 Å². The highest BCUT2D eigenvalue weighted by molar-refractivity contribution is 6.03. The summed E-state index contributed by atoms with van der Waals surface area (Å²) in [5.74, 6) is 2.26. The molecule has 3 rings (SSSR count). The van der Waals surface area contributed by atoms with E-state index in [0.717, 1.165) is 13.0 Å². The number of aromatic nitrogens is 2. The predicted molar refractivity (Wildman–Crippen MR) is 95.4 cm³/mol. The lowest BCUT2D eigenvalue weighted by Crippen LogP contribution is -2.17. The number of carbonyl (C=O) groups excluding carboxylic acids is 1. The van der Waals surface area contributed by atoms with E-state index in [9.17, 15) is 4.79 Å². The van der Waals surface area contributed by atoms with Crippen molar-refractivity contribution >= 4 is 17.4 Å². The Morgan fingerprint density at radius 2 is 1.96 bits per heavy atom. The van der Waals surface area contributed by atoms with Gasteiger partial charge < -0.3 is 20.1 Å². The molecule has 1 aromatic carbocycles. The van der Waals surface area contributed by atoms with Gasteiger partial charge in [0.15, 0.2) is 11.5 Å². The summed E-state index contributed by atoms with van der Waals surface area (Å²) in [7, 11) is 0. The second-order valence-corrected chi connectivity index (χ2v) is 6.21. The van der Waals surface area contributed by atoms with Crippen LogP contribution < -0.4 is 20.1 Å². The van der Waals surface area contributed by atoms with Crippen molar-refractivity contribution < 1.29 is 14.3 Å². The van der Waals surface area contributed by atoms with Crippen molar-refractivity contribution in [3.05, 3.63) is 36.3 Å². The summed E-state index contributed by atoms with van der Waals surface area (Å²) in [5.41, 5.74) is 0.930.